The van der Waals surface area contributed by atoms with Gasteiger partial charge in [0.1, 0.15) is 5.75 Å². The van der Waals surface area contributed by atoms with Gasteiger partial charge in [0, 0.05) is 23.9 Å². The lowest BCUT2D eigenvalue weighted by molar-refractivity contribution is -0.123. The second-order valence-electron chi connectivity index (χ2n) is 5.85. The third-order valence-corrected chi connectivity index (χ3v) is 3.62. The molecular formula is C17H22ClN3O3. The number of carbonyl (C=O) groups excluding carboxylic acids is 1. The lowest BCUT2D eigenvalue weighted by Crippen LogP contribution is -2.30. The van der Waals surface area contributed by atoms with Crippen molar-refractivity contribution in [2.75, 3.05) is 13.2 Å². The zero-order chi connectivity index (χ0) is 17.5. The lowest BCUT2D eigenvalue weighted by Gasteiger charge is -2.09. The van der Waals surface area contributed by atoms with Gasteiger partial charge in [-0.05, 0) is 37.1 Å². The molecule has 130 valence electrons. The molecule has 1 aromatic carbocycles. The molecule has 0 atom stereocenters. The van der Waals surface area contributed by atoms with Gasteiger partial charge in [-0.3, -0.25) is 4.79 Å². The van der Waals surface area contributed by atoms with E-state index in [-0.39, 0.29) is 18.4 Å². The number of rotatable bonds is 8. The van der Waals surface area contributed by atoms with Gasteiger partial charge < -0.3 is 14.6 Å². The van der Waals surface area contributed by atoms with Crippen molar-refractivity contribution < 1.29 is 14.1 Å². The van der Waals surface area contributed by atoms with Crippen molar-refractivity contribution in [2.24, 2.45) is 0 Å². The fourth-order valence-electron chi connectivity index (χ4n) is 2.04. The minimum absolute atomic E-state index is 0.0273. The maximum Gasteiger partial charge on any atom is 0.257 e. The molecule has 0 unspecified atom stereocenters. The van der Waals surface area contributed by atoms with Gasteiger partial charge in [-0.2, -0.15) is 4.98 Å². The van der Waals surface area contributed by atoms with E-state index in [0.29, 0.717) is 35.5 Å². The van der Waals surface area contributed by atoms with Crippen LogP contribution in [0.25, 0.3) is 0 Å². The number of hydrogen-bond donors (Lipinski definition) is 1. The number of aryl methyl sites for hydroxylation is 2. The second kappa shape index (κ2) is 8.68. The summed E-state index contributed by atoms with van der Waals surface area (Å²) in [6, 6.07) is 5.29. The van der Waals surface area contributed by atoms with Crippen LogP contribution in [0.2, 0.25) is 5.02 Å². The number of hydrogen-bond acceptors (Lipinski definition) is 5. The quantitative estimate of drug-likeness (QED) is 0.738. The summed E-state index contributed by atoms with van der Waals surface area (Å²) in [5, 5.41) is 7.35. The fraction of sp³-hybridized carbons (Fsp3) is 0.471. The third kappa shape index (κ3) is 5.53. The van der Waals surface area contributed by atoms with Crippen LogP contribution in [0.3, 0.4) is 0 Å². The molecule has 24 heavy (non-hydrogen) atoms. The van der Waals surface area contributed by atoms with Crippen molar-refractivity contribution >= 4 is 17.5 Å². The first-order valence-electron chi connectivity index (χ1n) is 7.94. The zero-order valence-corrected chi connectivity index (χ0v) is 14.9. The summed E-state index contributed by atoms with van der Waals surface area (Å²) < 4.78 is 10.6. The number of carbonyl (C=O) groups is 1. The van der Waals surface area contributed by atoms with Crippen LogP contribution in [0.1, 0.15) is 43.5 Å². The largest absolute Gasteiger partial charge is 0.484 e. The van der Waals surface area contributed by atoms with Gasteiger partial charge in [0.2, 0.25) is 5.89 Å². The highest BCUT2D eigenvalue weighted by Gasteiger charge is 2.09. The second-order valence-corrected chi connectivity index (χ2v) is 6.29. The highest BCUT2D eigenvalue weighted by atomic mass is 35.5. The molecule has 2 aromatic rings. The third-order valence-electron chi connectivity index (χ3n) is 3.39. The summed E-state index contributed by atoms with van der Waals surface area (Å²) in [6.07, 6.45) is 1.36. The monoisotopic (exact) mass is 351 g/mol. The number of benzene rings is 1. The van der Waals surface area contributed by atoms with Crippen LogP contribution in [0.5, 0.6) is 5.75 Å². The van der Waals surface area contributed by atoms with Crippen LogP contribution in [0.4, 0.5) is 0 Å². The van der Waals surface area contributed by atoms with E-state index in [1.165, 1.54) is 0 Å². The molecule has 0 spiro atoms. The fourth-order valence-corrected chi connectivity index (χ4v) is 2.27. The van der Waals surface area contributed by atoms with Crippen molar-refractivity contribution in [1.29, 1.82) is 0 Å². The summed E-state index contributed by atoms with van der Waals surface area (Å²) >= 11 is 5.88. The molecule has 0 aliphatic carbocycles. The SMILES string of the molecule is Cc1cc(Cl)ccc1OCC(=O)NCCCc1nc(C(C)C)no1. The normalized spacial score (nSPS) is 10.9. The number of ether oxygens (including phenoxy) is 1. The summed E-state index contributed by atoms with van der Waals surface area (Å²) in [5.74, 6) is 2.04. The molecular weight excluding hydrogens is 330 g/mol. The van der Waals surface area contributed by atoms with E-state index in [2.05, 4.69) is 15.5 Å². The van der Waals surface area contributed by atoms with Crippen LogP contribution >= 0.6 is 11.6 Å². The predicted octanol–water partition coefficient (Wildman–Crippen LogP) is 3.28. The van der Waals surface area contributed by atoms with Gasteiger partial charge in [-0.25, -0.2) is 0 Å². The Bertz CT molecular complexity index is 685. The van der Waals surface area contributed by atoms with E-state index in [1.807, 2.05) is 20.8 Å². The van der Waals surface area contributed by atoms with E-state index < -0.39 is 0 Å². The summed E-state index contributed by atoms with van der Waals surface area (Å²) in [6.45, 7) is 6.41. The Kier molecular flexibility index (Phi) is 6.61. The number of amides is 1. The van der Waals surface area contributed by atoms with Crippen molar-refractivity contribution in [3.8, 4) is 5.75 Å². The lowest BCUT2D eigenvalue weighted by atomic mass is 10.2. The molecule has 0 saturated heterocycles. The van der Waals surface area contributed by atoms with Crippen LogP contribution in [0.15, 0.2) is 22.7 Å². The smallest absolute Gasteiger partial charge is 0.257 e. The summed E-state index contributed by atoms with van der Waals surface area (Å²) in [4.78, 5) is 16.1. The summed E-state index contributed by atoms with van der Waals surface area (Å²) in [7, 11) is 0. The molecule has 1 amide bonds. The number of nitrogens with one attached hydrogen (secondary N) is 1. The average molecular weight is 352 g/mol. The maximum atomic E-state index is 11.8. The molecule has 0 aliphatic heterocycles. The molecule has 1 N–H and O–H groups in total. The van der Waals surface area contributed by atoms with Crippen molar-refractivity contribution in [1.82, 2.24) is 15.5 Å². The Balaban J connectivity index is 1.66. The first kappa shape index (κ1) is 18.3. The van der Waals surface area contributed by atoms with Gasteiger partial charge >= 0.3 is 0 Å². The van der Waals surface area contributed by atoms with Crippen LogP contribution in [0, 0.1) is 6.92 Å². The molecule has 6 nitrogen and oxygen atoms in total. The molecule has 7 heteroatoms. The number of halogens is 1. The first-order chi connectivity index (χ1) is 11.5. The zero-order valence-electron chi connectivity index (χ0n) is 14.1. The van der Waals surface area contributed by atoms with E-state index in [1.54, 1.807) is 18.2 Å². The van der Waals surface area contributed by atoms with Gasteiger partial charge in [0.15, 0.2) is 12.4 Å². The Morgan fingerprint density at radius 3 is 2.88 bits per heavy atom. The molecule has 0 radical (unpaired) electrons. The molecule has 1 aromatic heterocycles. The van der Waals surface area contributed by atoms with E-state index >= 15 is 0 Å². The molecule has 0 bridgehead atoms. The standard InChI is InChI=1S/C17H22ClN3O3/c1-11(2)17-20-16(24-21-17)5-4-8-19-15(22)10-23-14-7-6-13(18)9-12(14)3/h6-7,9,11H,4-5,8,10H2,1-3H3,(H,19,22). The average Bonchev–Trinajstić information content (AvgIpc) is 3.00. The molecule has 0 saturated carbocycles. The molecule has 0 aliphatic rings. The van der Waals surface area contributed by atoms with Crippen LogP contribution in [-0.4, -0.2) is 29.2 Å². The highest BCUT2D eigenvalue weighted by Crippen LogP contribution is 2.21. The minimum atomic E-state index is -0.169. The van der Waals surface area contributed by atoms with Gasteiger partial charge in [0.05, 0.1) is 0 Å². The Morgan fingerprint density at radius 2 is 2.21 bits per heavy atom. The van der Waals surface area contributed by atoms with E-state index in [9.17, 15) is 4.79 Å². The van der Waals surface area contributed by atoms with Gasteiger partial charge in [-0.1, -0.05) is 30.6 Å². The minimum Gasteiger partial charge on any atom is -0.484 e. The number of nitrogens with zero attached hydrogens (tertiary/aromatic N) is 2. The first-order valence-corrected chi connectivity index (χ1v) is 8.31. The van der Waals surface area contributed by atoms with Crippen LogP contribution in [-0.2, 0) is 11.2 Å². The Morgan fingerprint density at radius 1 is 1.42 bits per heavy atom. The topological polar surface area (TPSA) is 77.2 Å². The Hall–Kier alpha value is -2.08. The summed E-state index contributed by atoms with van der Waals surface area (Å²) in [5.41, 5.74) is 0.896. The van der Waals surface area contributed by atoms with E-state index in [4.69, 9.17) is 20.9 Å². The number of aromatic nitrogens is 2. The van der Waals surface area contributed by atoms with Crippen molar-refractivity contribution in [3.63, 3.8) is 0 Å². The predicted molar refractivity (Wildman–Crippen MR) is 91.4 cm³/mol. The van der Waals surface area contributed by atoms with Gasteiger partial charge in [0.25, 0.3) is 5.91 Å². The Labute approximate surface area is 146 Å². The van der Waals surface area contributed by atoms with Crippen molar-refractivity contribution in [2.45, 2.75) is 39.5 Å². The van der Waals surface area contributed by atoms with Crippen LogP contribution < -0.4 is 10.1 Å². The van der Waals surface area contributed by atoms with Crippen molar-refractivity contribution in [3.05, 3.63) is 40.5 Å². The molecule has 0 fully saturated rings. The highest BCUT2D eigenvalue weighted by molar-refractivity contribution is 6.30. The van der Waals surface area contributed by atoms with Gasteiger partial charge in [-0.15, -0.1) is 0 Å². The maximum absolute atomic E-state index is 11.8. The molecule has 1 heterocycles. The molecule has 2 rings (SSSR count). The van der Waals surface area contributed by atoms with E-state index in [0.717, 1.165) is 12.0 Å².